The highest BCUT2D eigenvalue weighted by Gasteiger charge is 2.40. The third kappa shape index (κ3) is 7.05. The third-order valence-electron chi connectivity index (χ3n) is 4.06. The number of hydrogen-bond acceptors (Lipinski definition) is 2. The molecule has 1 aliphatic carbocycles. The third-order valence-corrected chi connectivity index (χ3v) is 4.06. The molecule has 0 aromatic heterocycles. The Balaban J connectivity index is 1.79. The predicted molar refractivity (Wildman–Crippen MR) is 74.2 cm³/mol. The summed E-state index contributed by atoms with van der Waals surface area (Å²) in [6, 6.07) is 0. The van der Waals surface area contributed by atoms with Crippen LogP contribution in [0.4, 0.5) is 0 Å². The van der Waals surface area contributed by atoms with Crippen LogP contribution in [0.3, 0.4) is 0 Å². The summed E-state index contributed by atoms with van der Waals surface area (Å²) in [6.45, 7) is 4.92. The zero-order valence-corrected chi connectivity index (χ0v) is 11.6. The van der Waals surface area contributed by atoms with Gasteiger partial charge >= 0.3 is 0 Å². The molecule has 102 valence electrons. The van der Waals surface area contributed by atoms with E-state index in [1.807, 2.05) is 0 Å². The molecule has 0 aliphatic heterocycles. The second kappa shape index (κ2) is 8.93. The molecule has 2 heteroatoms. The highest BCUT2D eigenvalue weighted by molar-refractivity contribution is 4.94. The first-order valence-electron chi connectivity index (χ1n) is 7.64. The van der Waals surface area contributed by atoms with Crippen molar-refractivity contribution in [3.63, 3.8) is 0 Å². The Bertz CT molecular complexity index is 178. The fourth-order valence-corrected chi connectivity index (χ4v) is 2.49. The summed E-state index contributed by atoms with van der Waals surface area (Å²) < 4.78 is 0. The van der Waals surface area contributed by atoms with Crippen LogP contribution in [0.25, 0.3) is 0 Å². The van der Waals surface area contributed by atoms with Crippen LogP contribution in [-0.4, -0.2) is 24.8 Å². The lowest BCUT2D eigenvalue weighted by Gasteiger charge is -2.14. The summed E-state index contributed by atoms with van der Waals surface area (Å²) in [5.74, 6) is 0. The smallest absolute Gasteiger partial charge is 0.0436 e. The van der Waals surface area contributed by atoms with Gasteiger partial charge in [-0.1, -0.05) is 45.4 Å². The quantitative estimate of drug-likeness (QED) is 0.513. The summed E-state index contributed by atoms with van der Waals surface area (Å²) in [5.41, 5.74) is 0.482. The van der Waals surface area contributed by atoms with E-state index >= 15 is 0 Å². The zero-order chi connectivity index (χ0) is 12.4. The lowest BCUT2D eigenvalue weighted by molar-refractivity contribution is 0.245. The molecule has 0 amide bonds. The van der Waals surface area contributed by atoms with Gasteiger partial charge in [0.25, 0.3) is 0 Å². The number of unbranched alkanes of at least 4 members (excludes halogenated alkanes) is 6. The van der Waals surface area contributed by atoms with Crippen molar-refractivity contribution in [2.45, 2.75) is 71.1 Å². The first-order chi connectivity index (χ1) is 8.33. The van der Waals surface area contributed by atoms with Gasteiger partial charge in [0.15, 0.2) is 0 Å². The molecular weight excluding hydrogens is 210 g/mol. The van der Waals surface area contributed by atoms with Crippen molar-refractivity contribution in [1.29, 1.82) is 0 Å². The summed E-state index contributed by atoms with van der Waals surface area (Å²) in [5, 5.41) is 12.5. The van der Waals surface area contributed by atoms with Crippen molar-refractivity contribution in [2.75, 3.05) is 19.7 Å². The van der Waals surface area contributed by atoms with Crippen LogP contribution in [0.1, 0.15) is 71.1 Å². The Morgan fingerprint density at radius 2 is 1.65 bits per heavy atom. The summed E-state index contributed by atoms with van der Waals surface area (Å²) in [7, 11) is 0. The standard InChI is InChI=1S/C15H31NO/c1-2-3-4-5-6-7-8-12-16-14-15(9-10-15)11-13-17/h16-17H,2-14H2,1H3. The minimum absolute atomic E-state index is 0.360. The van der Waals surface area contributed by atoms with Gasteiger partial charge < -0.3 is 10.4 Å². The molecule has 0 bridgehead atoms. The van der Waals surface area contributed by atoms with Crippen LogP contribution in [0.2, 0.25) is 0 Å². The van der Waals surface area contributed by atoms with Crippen LogP contribution >= 0.6 is 0 Å². The molecule has 0 saturated heterocycles. The Labute approximate surface area is 107 Å². The van der Waals surface area contributed by atoms with E-state index in [4.69, 9.17) is 5.11 Å². The molecule has 0 radical (unpaired) electrons. The normalized spacial score (nSPS) is 17.3. The SMILES string of the molecule is CCCCCCCCCNCC1(CCO)CC1. The van der Waals surface area contributed by atoms with Gasteiger partial charge in [-0.15, -0.1) is 0 Å². The summed E-state index contributed by atoms with van der Waals surface area (Å²) in [6.07, 6.45) is 13.3. The van der Waals surface area contributed by atoms with E-state index in [-0.39, 0.29) is 0 Å². The second-order valence-electron chi connectivity index (χ2n) is 5.77. The molecule has 1 fully saturated rings. The first-order valence-corrected chi connectivity index (χ1v) is 7.64. The summed E-state index contributed by atoms with van der Waals surface area (Å²) in [4.78, 5) is 0. The van der Waals surface area contributed by atoms with Gasteiger partial charge in [-0.2, -0.15) is 0 Å². The molecule has 2 N–H and O–H groups in total. The second-order valence-corrected chi connectivity index (χ2v) is 5.77. The van der Waals surface area contributed by atoms with Crippen LogP contribution in [0.5, 0.6) is 0 Å². The van der Waals surface area contributed by atoms with Gasteiger partial charge in [-0.3, -0.25) is 0 Å². The van der Waals surface area contributed by atoms with E-state index in [1.54, 1.807) is 0 Å². The molecule has 0 atom stereocenters. The number of aliphatic hydroxyl groups excluding tert-OH is 1. The highest BCUT2D eigenvalue weighted by atomic mass is 16.3. The minimum atomic E-state index is 0.360. The molecular formula is C15H31NO. The van der Waals surface area contributed by atoms with E-state index in [0.717, 1.165) is 13.0 Å². The summed E-state index contributed by atoms with van der Waals surface area (Å²) >= 11 is 0. The Kier molecular flexibility index (Phi) is 7.87. The maximum absolute atomic E-state index is 8.96. The van der Waals surface area contributed by atoms with Crippen molar-refractivity contribution < 1.29 is 5.11 Å². The Morgan fingerprint density at radius 1 is 1.00 bits per heavy atom. The average molecular weight is 241 g/mol. The molecule has 17 heavy (non-hydrogen) atoms. The number of aliphatic hydroxyl groups is 1. The van der Waals surface area contributed by atoms with Crippen LogP contribution < -0.4 is 5.32 Å². The number of rotatable bonds is 12. The van der Waals surface area contributed by atoms with Gasteiger partial charge in [0.2, 0.25) is 0 Å². The van der Waals surface area contributed by atoms with Crippen molar-refractivity contribution in [2.24, 2.45) is 5.41 Å². The van der Waals surface area contributed by atoms with Gasteiger partial charge in [-0.25, -0.2) is 0 Å². The fraction of sp³-hybridized carbons (Fsp3) is 1.00. The predicted octanol–water partition coefficient (Wildman–Crippen LogP) is 3.49. The molecule has 0 heterocycles. The Morgan fingerprint density at radius 3 is 2.24 bits per heavy atom. The van der Waals surface area contributed by atoms with Crippen LogP contribution in [0, 0.1) is 5.41 Å². The molecule has 1 rings (SSSR count). The molecule has 0 aromatic carbocycles. The molecule has 0 aromatic rings. The van der Waals surface area contributed by atoms with Gasteiger partial charge in [-0.05, 0) is 37.6 Å². The van der Waals surface area contributed by atoms with Gasteiger partial charge in [0.05, 0.1) is 0 Å². The van der Waals surface area contributed by atoms with Gasteiger partial charge in [0.1, 0.15) is 0 Å². The molecule has 1 saturated carbocycles. The maximum Gasteiger partial charge on any atom is 0.0436 e. The zero-order valence-electron chi connectivity index (χ0n) is 11.6. The lowest BCUT2D eigenvalue weighted by atomic mass is 10.0. The van der Waals surface area contributed by atoms with Crippen molar-refractivity contribution in [3.05, 3.63) is 0 Å². The van der Waals surface area contributed by atoms with Crippen LogP contribution in [-0.2, 0) is 0 Å². The van der Waals surface area contributed by atoms with E-state index in [9.17, 15) is 0 Å². The monoisotopic (exact) mass is 241 g/mol. The van der Waals surface area contributed by atoms with Gasteiger partial charge in [0, 0.05) is 13.2 Å². The van der Waals surface area contributed by atoms with Crippen molar-refractivity contribution in [3.8, 4) is 0 Å². The molecule has 0 unspecified atom stereocenters. The fourth-order valence-electron chi connectivity index (χ4n) is 2.49. The van der Waals surface area contributed by atoms with E-state index in [2.05, 4.69) is 12.2 Å². The molecule has 1 aliphatic rings. The highest BCUT2D eigenvalue weighted by Crippen LogP contribution is 2.47. The van der Waals surface area contributed by atoms with Crippen molar-refractivity contribution >= 4 is 0 Å². The number of hydrogen-bond donors (Lipinski definition) is 2. The topological polar surface area (TPSA) is 32.3 Å². The number of nitrogens with one attached hydrogen (secondary N) is 1. The minimum Gasteiger partial charge on any atom is -0.396 e. The van der Waals surface area contributed by atoms with Crippen LogP contribution in [0.15, 0.2) is 0 Å². The molecule has 2 nitrogen and oxygen atoms in total. The van der Waals surface area contributed by atoms with E-state index in [1.165, 1.54) is 64.3 Å². The van der Waals surface area contributed by atoms with E-state index in [0.29, 0.717) is 12.0 Å². The average Bonchev–Trinajstić information content (AvgIpc) is 3.08. The largest absolute Gasteiger partial charge is 0.396 e. The van der Waals surface area contributed by atoms with E-state index < -0.39 is 0 Å². The van der Waals surface area contributed by atoms with Crippen molar-refractivity contribution in [1.82, 2.24) is 5.32 Å². The maximum atomic E-state index is 8.96. The molecule has 0 spiro atoms. The lowest BCUT2D eigenvalue weighted by Crippen LogP contribution is -2.25. The first kappa shape index (κ1) is 15.0. The Hall–Kier alpha value is -0.0800.